The lowest BCUT2D eigenvalue weighted by Gasteiger charge is -2.07. The molecule has 0 saturated heterocycles. The van der Waals surface area contributed by atoms with Crippen molar-refractivity contribution < 1.29 is 4.74 Å². The first-order valence-corrected chi connectivity index (χ1v) is 6.15. The summed E-state index contributed by atoms with van der Waals surface area (Å²) in [5.74, 6) is 1.91. The maximum atomic E-state index is 5.87. The van der Waals surface area contributed by atoms with E-state index in [2.05, 4.69) is 20.4 Å². The number of anilines is 2. The number of rotatable bonds is 6. The van der Waals surface area contributed by atoms with E-state index in [4.69, 9.17) is 10.5 Å². The van der Waals surface area contributed by atoms with Crippen LogP contribution < -0.4 is 15.8 Å². The highest BCUT2D eigenvalue weighted by molar-refractivity contribution is 5.43. The number of aryl methyl sites for hydroxylation is 1. The Balaban J connectivity index is 1.97. The molecule has 2 aromatic heterocycles. The van der Waals surface area contributed by atoms with Crippen molar-refractivity contribution in [2.45, 2.75) is 19.9 Å². The Bertz CT molecular complexity index is 539. The van der Waals surface area contributed by atoms with Crippen LogP contribution in [-0.4, -0.2) is 26.4 Å². The third-order valence-corrected chi connectivity index (χ3v) is 2.62. The number of nitrogens with one attached hydrogen (secondary N) is 1. The van der Waals surface area contributed by atoms with Gasteiger partial charge in [-0.15, -0.1) is 0 Å². The van der Waals surface area contributed by atoms with Gasteiger partial charge in [-0.05, 0) is 6.42 Å². The molecule has 0 aliphatic carbocycles. The third-order valence-electron chi connectivity index (χ3n) is 2.62. The lowest BCUT2D eigenvalue weighted by atomic mass is 10.3. The zero-order valence-electron chi connectivity index (χ0n) is 11.1. The van der Waals surface area contributed by atoms with Gasteiger partial charge in [0, 0.05) is 25.2 Å². The molecule has 2 heterocycles. The molecular weight excluding hydrogens is 244 g/mol. The van der Waals surface area contributed by atoms with Crippen LogP contribution in [0.5, 0.6) is 5.88 Å². The summed E-state index contributed by atoms with van der Waals surface area (Å²) >= 11 is 0. The smallest absolute Gasteiger partial charge is 0.218 e. The molecule has 19 heavy (non-hydrogen) atoms. The van der Waals surface area contributed by atoms with Gasteiger partial charge in [0.15, 0.2) is 0 Å². The molecule has 2 aromatic rings. The number of hydrogen-bond donors (Lipinski definition) is 2. The fourth-order valence-corrected chi connectivity index (χ4v) is 1.54. The van der Waals surface area contributed by atoms with E-state index in [1.807, 2.05) is 6.92 Å². The summed E-state index contributed by atoms with van der Waals surface area (Å²) in [6, 6.07) is 1.77. The zero-order chi connectivity index (χ0) is 13.7. The Morgan fingerprint density at radius 2 is 2.26 bits per heavy atom. The van der Waals surface area contributed by atoms with E-state index >= 15 is 0 Å². The molecule has 7 heteroatoms. The third kappa shape index (κ3) is 3.34. The number of aromatic nitrogens is 4. The fraction of sp³-hybridized carbons (Fsp3) is 0.417. The fourth-order valence-electron chi connectivity index (χ4n) is 1.54. The molecule has 0 fully saturated rings. The van der Waals surface area contributed by atoms with Gasteiger partial charge in [0.2, 0.25) is 5.88 Å². The number of nitrogens with two attached hydrogens (primary N) is 1. The van der Waals surface area contributed by atoms with E-state index in [-0.39, 0.29) is 0 Å². The van der Waals surface area contributed by atoms with E-state index in [1.54, 1.807) is 24.0 Å². The summed E-state index contributed by atoms with van der Waals surface area (Å²) in [4.78, 5) is 8.17. The first kappa shape index (κ1) is 13.1. The topological polar surface area (TPSA) is 90.9 Å². The number of nitrogens with zero attached hydrogens (tertiary/aromatic N) is 4. The van der Waals surface area contributed by atoms with Crippen LogP contribution in [0.1, 0.15) is 18.9 Å². The van der Waals surface area contributed by atoms with Crippen LogP contribution in [0.15, 0.2) is 18.6 Å². The van der Waals surface area contributed by atoms with Crippen molar-refractivity contribution in [3.05, 3.63) is 24.2 Å². The van der Waals surface area contributed by atoms with Crippen molar-refractivity contribution >= 4 is 11.6 Å². The molecular formula is C12H18N6O. The molecule has 0 saturated carbocycles. The van der Waals surface area contributed by atoms with Crippen LogP contribution in [0.3, 0.4) is 0 Å². The second-order valence-corrected chi connectivity index (χ2v) is 4.12. The van der Waals surface area contributed by atoms with Crippen LogP contribution >= 0.6 is 0 Å². The molecule has 7 nitrogen and oxygen atoms in total. The highest BCUT2D eigenvalue weighted by atomic mass is 16.5. The Morgan fingerprint density at radius 1 is 1.42 bits per heavy atom. The predicted octanol–water partition coefficient (Wildman–Crippen LogP) is 1.19. The van der Waals surface area contributed by atoms with Crippen molar-refractivity contribution in [3.8, 4) is 5.88 Å². The molecule has 102 valence electrons. The second kappa shape index (κ2) is 6.03. The number of nitrogen functional groups attached to an aromatic ring is 1. The van der Waals surface area contributed by atoms with Crippen molar-refractivity contribution in [3.63, 3.8) is 0 Å². The monoisotopic (exact) mass is 262 g/mol. The largest absolute Gasteiger partial charge is 0.478 e. The molecule has 0 aromatic carbocycles. The van der Waals surface area contributed by atoms with Gasteiger partial charge in [0.1, 0.15) is 18.0 Å². The first-order chi connectivity index (χ1) is 9.20. The van der Waals surface area contributed by atoms with Gasteiger partial charge >= 0.3 is 0 Å². The Hall–Kier alpha value is -2.31. The minimum absolute atomic E-state index is 0.559. The summed E-state index contributed by atoms with van der Waals surface area (Å²) in [5.41, 5.74) is 6.79. The van der Waals surface area contributed by atoms with Crippen molar-refractivity contribution in [2.24, 2.45) is 7.05 Å². The highest BCUT2D eigenvalue weighted by Crippen LogP contribution is 2.14. The lowest BCUT2D eigenvalue weighted by molar-refractivity contribution is 0.305. The standard InChI is InChI=1S/C12H18N6O/c1-3-4-19-11-5-10(15-8-16-11)14-6-9-7-17-18(2)12(9)13/h5,7-8H,3-4,6,13H2,1-2H3,(H,14,15,16). The molecule has 0 unspecified atom stereocenters. The van der Waals surface area contributed by atoms with Gasteiger partial charge in [0.05, 0.1) is 12.8 Å². The molecule has 3 N–H and O–H groups in total. The second-order valence-electron chi connectivity index (χ2n) is 4.12. The van der Waals surface area contributed by atoms with Crippen molar-refractivity contribution in [2.75, 3.05) is 17.7 Å². The minimum Gasteiger partial charge on any atom is -0.478 e. The maximum Gasteiger partial charge on any atom is 0.218 e. The normalized spacial score (nSPS) is 10.4. The Kier molecular flexibility index (Phi) is 4.17. The van der Waals surface area contributed by atoms with E-state index in [1.165, 1.54) is 6.33 Å². The van der Waals surface area contributed by atoms with Gasteiger partial charge in [-0.25, -0.2) is 9.97 Å². The molecule has 2 rings (SSSR count). The van der Waals surface area contributed by atoms with Gasteiger partial charge < -0.3 is 15.8 Å². The molecule has 0 spiro atoms. The number of hydrogen-bond acceptors (Lipinski definition) is 6. The average molecular weight is 262 g/mol. The highest BCUT2D eigenvalue weighted by Gasteiger charge is 2.05. The van der Waals surface area contributed by atoms with Crippen LogP contribution in [0.2, 0.25) is 0 Å². The molecule has 0 aliphatic heterocycles. The van der Waals surface area contributed by atoms with Gasteiger partial charge in [-0.3, -0.25) is 4.68 Å². The van der Waals surface area contributed by atoms with Crippen molar-refractivity contribution in [1.82, 2.24) is 19.7 Å². The number of ether oxygens (including phenoxy) is 1. The van der Waals surface area contributed by atoms with Gasteiger partial charge in [-0.1, -0.05) is 6.92 Å². The van der Waals surface area contributed by atoms with Crippen molar-refractivity contribution in [1.29, 1.82) is 0 Å². The Labute approximate surface area is 111 Å². The van der Waals surface area contributed by atoms with E-state index in [9.17, 15) is 0 Å². The summed E-state index contributed by atoms with van der Waals surface area (Å²) in [6.45, 7) is 3.25. The lowest BCUT2D eigenvalue weighted by Crippen LogP contribution is -2.06. The predicted molar refractivity (Wildman–Crippen MR) is 72.8 cm³/mol. The molecule has 0 atom stereocenters. The zero-order valence-corrected chi connectivity index (χ0v) is 11.1. The van der Waals surface area contributed by atoms with E-state index in [0.717, 1.165) is 12.0 Å². The van der Waals surface area contributed by atoms with Crippen LogP contribution in [0, 0.1) is 0 Å². The van der Waals surface area contributed by atoms with Crippen LogP contribution in [-0.2, 0) is 13.6 Å². The molecule has 0 radical (unpaired) electrons. The minimum atomic E-state index is 0.559. The molecule has 0 bridgehead atoms. The first-order valence-electron chi connectivity index (χ1n) is 6.15. The van der Waals surface area contributed by atoms with Gasteiger partial charge in [0.25, 0.3) is 0 Å². The maximum absolute atomic E-state index is 5.87. The quantitative estimate of drug-likeness (QED) is 0.812. The summed E-state index contributed by atoms with van der Waals surface area (Å²) < 4.78 is 7.08. The summed E-state index contributed by atoms with van der Waals surface area (Å²) in [7, 11) is 1.81. The summed E-state index contributed by atoms with van der Waals surface area (Å²) in [5, 5.41) is 7.25. The Morgan fingerprint density at radius 3 is 2.95 bits per heavy atom. The SMILES string of the molecule is CCCOc1cc(NCc2cnn(C)c2N)ncn1. The van der Waals surface area contributed by atoms with Gasteiger partial charge in [-0.2, -0.15) is 5.10 Å². The van der Waals surface area contributed by atoms with Crippen LogP contribution in [0.4, 0.5) is 11.6 Å². The summed E-state index contributed by atoms with van der Waals surface area (Å²) in [6.07, 6.45) is 4.15. The van der Waals surface area contributed by atoms with Crippen LogP contribution in [0.25, 0.3) is 0 Å². The average Bonchev–Trinajstić information content (AvgIpc) is 2.75. The van der Waals surface area contributed by atoms with E-state index < -0.39 is 0 Å². The van der Waals surface area contributed by atoms with E-state index in [0.29, 0.717) is 30.7 Å². The molecule has 0 aliphatic rings. The molecule has 0 amide bonds.